The highest BCUT2D eigenvalue weighted by Crippen LogP contribution is 2.28. The van der Waals surface area contributed by atoms with E-state index in [0.717, 1.165) is 38.0 Å². The number of carbonyl (C=O) groups is 1. The number of ether oxygens (including phenoxy) is 1. The standard InChI is InChI=1S/C19H27N5O2/c1-19(2,3)26-18(25)22-16-6-5-15(11-16)17-12-21-14-24(17)9-4-8-23-10-7-20-13-23/h5,7,10,12-14,16H,4,6,8-9,11H2,1-3H3,(H,22,25). The first kappa shape index (κ1) is 18.2. The minimum atomic E-state index is -0.479. The summed E-state index contributed by atoms with van der Waals surface area (Å²) in [6, 6.07) is 0.0779. The maximum absolute atomic E-state index is 11.9. The number of imidazole rings is 2. The number of alkyl carbamates (subject to hydrolysis) is 1. The summed E-state index contributed by atoms with van der Waals surface area (Å²) in [5, 5.41) is 2.96. The van der Waals surface area contributed by atoms with Crippen LogP contribution in [0.3, 0.4) is 0 Å². The van der Waals surface area contributed by atoms with Crippen molar-refractivity contribution in [2.45, 2.75) is 64.8 Å². The van der Waals surface area contributed by atoms with E-state index < -0.39 is 5.60 Å². The van der Waals surface area contributed by atoms with Gasteiger partial charge in [-0.3, -0.25) is 0 Å². The maximum Gasteiger partial charge on any atom is 0.407 e. The van der Waals surface area contributed by atoms with E-state index in [1.165, 1.54) is 5.57 Å². The molecular weight excluding hydrogens is 330 g/mol. The molecule has 7 nitrogen and oxygen atoms in total. The monoisotopic (exact) mass is 357 g/mol. The third-order valence-electron chi connectivity index (χ3n) is 4.25. The molecule has 1 aliphatic rings. The number of rotatable bonds is 6. The maximum atomic E-state index is 11.9. The summed E-state index contributed by atoms with van der Waals surface area (Å²) in [5.41, 5.74) is 1.88. The Bertz CT molecular complexity index is 755. The van der Waals surface area contributed by atoms with Gasteiger partial charge < -0.3 is 19.2 Å². The molecule has 1 amide bonds. The molecule has 0 saturated carbocycles. The van der Waals surface area contributed by atoms with Gasteiger partial charge in [-0.1, -0.05) is 6.08 Å². The van der Waals surface area contributed by atoms with Crippen LogP contribution in [-0.4, -0.2) is 36.8 Å². The van der Waals surface area contributed by atoms with Crippen molar-refractivity contribution in [3.63, 3.8) is 0 Å². The normalized spacial score (nSPS) is 17.2. The molecule has 0 bridgehead atoms. The van der Waals surface area contributed by atoms with Crippen molar-refractivity contribution in [3.05, 3.63) is 43.0 Å². The minimum Gasteiger partial charge on any atom is -0.444 e. The molecule has 1 atom stereocenters. The Balaban J connectivity index is 1.51. The molecule has 0 radical (unpaired) electrons. The highest BCUT2D eigenvalue weighted by Gasteiger charge is 2.24. The zero-order chi connectivity index (χ0) is 18.6. The van der Waals surface area contributed by atoms with Crippen molar-refractivity contribution in [1.29, 1.82) is 0 Å². The van der Waals surface area contributed by atoms with Gasteiger partial charge in [0, 0.05) is 31.5 Å². The van der Waals surface area contributed by atoms with Gasteiger partial charge in [-0.2, -0.15) is 0 Å². The van der Waals surface area contributed by atoms with Crippen molar-refractivity contribution in [3.8, 4) is 0 Å². The Morgan fingerprint density at radius 1 is 1.31 bits per heavy atom. The molecule has 2 aromatic rings. The van der Waals surface area contributed by atoms with Crippen molar-refractivity contribution >= 4 is 11.7 Å². The average Bonchev–Trinajstić information content (AvgIpc) is 3.26. The number of hydrogen-bond donors (Lipinski definition) is 1. The number of amides is 1. The van der Waals surface area contributed by atoms with Gasteiger partial charge in [-0.25, -0.2) is 14.8 Å². The summed E-state index contributed by atoms with van der Waals surface area (Å²) >= 11 is 0. The predicted molar refractivity (Wildman–Crippen MR) is 99.4 cm³/mol. The summed E-state index contributed by atoms with van der Waals surface area (Å²) in [5.74, 6) is 0. The molecule has 140 valence electrons. The first-order chi connectivity index (χ1) is 12.4. The van der Waals surface area contributed by atoms with E-state index >= 15 is 0 Å². The lowest BCUT2D eigenvalue weighted by molar-refractivity contribution is 0.0507. The third-order valence-corrected chi connectivity index (χ3v) is 4.25. The van der Waals surface area contributed by atoms with E-state index in [4.69, 9.17) is 4.74 Å². The molecule has 1 unspecified atom stereocenters. The van der Waals surface area contributed by atoms with Gasteiger partial charge in [0.05, 0.1) is 24.5 Å². The molecule has 1 N–H and O–H groups in total. The summed E-state index contributed by atoms with van der Waals surface area (Å²) < 4.78 is 9.59. The molecule has 7 heteroatoms. The molecule has 0 saturated heterocycles. The highest BCUT2D eigenvalue weighted by atomic mass is 16.6. The van der Waals surface area contributed by atoms with Crippen LogP contribution in [0.4, 0.5) is 4.79 Å². The van der Waals surface area contributed by atoms with E-state index in [2.05, 4.69) is 30.5 Å². The van der Waals surface area contributed by atoms with E-state index in [1.54, 1.807) is 6.20 Å². The molecule has 0 spiro atoms. The second-order valence-corrected chi connectivity index (χ2v) is 7.64. The minimum absolute atomic E-state index is 0.0779. The van der Waals surface area contributed by atoms with Gasteiger partial charge >= 0.3 is 6.09 Å². The zero-order valence-electron chi connectivity index (χ0n) is 15.7. The van der Waals surface area contributed by atoms with Crippen LogP contribution in [0.25, 0.3) is 5.57 Å². The Kier molecular flexibility index (Phi) is 5.44. The van der Waals surface area contributed by atoms with E-state index in [-0.39, 0.29) is 12.1 Å². The Morgan fingerprint density at radius 2 is 2.15 bits per heavy atom. The summed E-state index contributed by atoms with van der Waals surface area (Å²) in [7, 11) is 0. The Hall–Kier alpha value is -2.57. The van der Waals surface area contributed by atoms with Crippen LogP contribution in [0, 0.1) is 0 Å². The van der Waals surface area contributed by atoms with Gasteiger partial charge in [-0.15, -0.1) is 0 Å². The number of aryl methyl sites for hydroxylation is 2. The van der Waals surface area contributed by atoms with Crippen LogP contribution in [0.1, 0.15) is 45.7 Å². The van der Waals surface area contributed by atoms with Crippen molar-refractivity contribution in [2.75, 3.05) is 0 Å². The van der Waals surface area contributed by atoms with Gasteiger partial charge in [-0.05, 0) is 45.6 Å². The molecule has 2 heterocycles. The summed E-state index contributed by atoms with van der Waals surface area (Å²) in [6.45, 7) is 7.43. The smallest absolute Gasteiger partial charge is 0.407 e. The van der Waals surface area contributed by atoms with Crippen LogP contribution < -0.4 is 5.32 Å². The highest BCUT2D eigenvalue weighted by molar-refractivity contribution is 5.71. The lowest BCUT2D eigenvalue weighted by Crippen LogP contribution is -2.38. The topological polar surface area (TPSA) is 74.0 Å². The summed E-state index contributed by atoms with van der Waals surface area (Å²) in [6.07, 6.45) is 13.8. The molecule has 0 aliphatic heterocycles. The number of aromatic nitrogens is 4. The Morgan fingerprint density at radius 3 is 2.88 bits per heavy atom. The van der Waals surface area contributed by atoms with Crippen LogP contribution in [0.2, 0.25) is 0 Å². The van der Waals surface area contributed by atoms with Gasteiger partial charge in [0.1, 0.15) is 5.60 Å². The van der Waals surface area contributed by atoms with Crippen molar-refractivity contribution in [2.24, 2.45) is 0 Å². The first-order valence-corrected chi connectivity index (χ1v) is 9.05. The molecule has 0 fully saturated rings. The fourth-order valence-electron chi connectivity index (χ4n) is 3.12. The molecule has 26 heavy (non-hydrogen) atoms. The number of nitrogens with one attached hydrogen (secondary N) is 1. The van der Waals surface area contributed by atoms with Crippen LogP contribution >= 0.6 is 0 Å². The number of carbonyl (C=O) groups excluding carboxylic acids is 1. The summed E-state index contributed by atoms with van der Waals surface area (Å²) in [4.78, 5) is 20.3. The largest absolute Gasteiger partial charge is 0.444 e. The second kappa shape index (κ2) is 7.76. The zero-order valence-corrected chi connectivity index (χ0v) is 15.7. The quantitative estimate of drug-likeness (QED) is 0.861. The van der Waals surface area contributed by atoms with Crippen LogP contribution in [-0.2, 0) is 17.8 Å². The van der Waals surface area contributed by atoms with E-state index in [9.17, 15) is 4.79 Å². The second-order valence-electron chi connectivity index (χ2n) is 7.64. The molecule has 0 aromatic carbocycles. The number of hydrogen-bond acceptors (Lipinski definition) is 4. The molecule has 1 aliphatic carbocycles. The van der Waals surface area contributed by atoms with Crippen molar-refractivity contribution < 1.29 is 9.53 Å². The van der Waals surface area contributed by atoms with Crippen LogP contribution in [0.15, 0.2) is 37.3 Å². The first-order valence-electron chi connectivity index (χ1n) is 9.05. The van der Waals surface area contributed by atoms with Gasteiger partial charge in [0.2, 0.25) is 0 Å². The fraction of sp³-hybridized carbons (Fsp3) is 0.526. The van der Waals surface area contributed by atoms with Crippen LogP contribution in [0.5, 0.6) is 0 Å². The van der Waals surface area contributed by atoms with Crippen molar-refractivity contribution in [1.82, 2.24) is 24.4 Å². The van der Waals surface area contributed by atoms with Gasteiger partial charge in [0.15, 0.2) is 0 Å². The van der Waals surface area contributed by atoms with Gasteiger partial charge in [0.25, 0.3) is 0 Å². The fourth-order valence-corrected chi connectivity index (χ4v) is 3.12. The molecular formula is C19H27N5O2. The predicted octanol–water partition coefficient (Wildman–Crippen LogP) is 3.24. The third kappa shape index (κ3) is 4.97. The lowest BCUT2D eigenvalue weighted by Gasteiger charge is -2.21. The number of nitrogens with zero attached hydrogens (tertiary/aromatic N) is 4. The molecule has 2 aromatic heterocycles. The van der Waals surface area contributed by atoms with E-state index in [1.807, 2.05) is 45.8 Å². The lowest BCUT2D eigenvalue weighted by atomic mass is 10.1. The van der Waals surface area contributed by atoms with E-state index in [0.29, 0.717) is 0 Å². The average molecular weight is 357 g/mol. The Labute approximate surface area is 154 Å². The SMILES string of the molecule is CC(C)(C)OC(=O)NC1CC=C(c2cncn2CCCn2ccnc2)C1. The molecule has 3 rings (SSSR count).